The minimum absolute atomic E-state index is 0.302. The number of hydrogen-bond acceptors (Lipinski definition) is 5. The van der Waals surface area contributed by atoms with Crippen LogP contribution in [-0.2, 0) is 18.7 Å². The third kappa shape index (κ3) is 2.72. The number of thioether (sulfide) groups is 1. The maximum atomic E-state index is 5.45. The van der Waals surface area contributed by atoms with Gasteiger partial charge in [-0.05, 0) is 30.5 Å². The van der Waals surface area contributed by atoms with Gasteiger partial charge in [-0.15, -0.1) is 10.2 Å². The molecule has 0 amide bonds. The van der Waals surface area contributed by atoms with Crippen LogP contribution < -0.4 is 9.47 Å². The molecule has 0 unspecified atom stereocenters. The fourth-order valence-electron chi connectivity index (χ4n) is 2.78. The zero-order chi connectivity index (χ0) is 14.9. The van der Waals surface area contributed by atoms with Crippen molar-refractivity contribution in [2.75, 3.05) is 6.79 Å². The van der Waals surface area contributed by atoms with Gasteiger partial charge in [0.25, 0.3) is 0 Å². The maximum Gasteiger partial charge on any atom is 0.231 e. The number of hydrogen-bond donors (Lipinski definition) is 0. The molecule has 0 aliphatic carbocycles. The summed E-state index contributed by atoms with van der Waals surface area (Å²) in [5, 5.41) is 9.72. The maximum absolute atomic E-state index is 5.45. The van der Waals surface area contributed by atoms with E-state index < -0.39 is 0 Å². The number of benzene rings is 1. The molecular weight excluding hydrogens is 366 g/mol. The first-order chi connectivity index (χ1) is 10.8. The van der Waals surface area contributed by atoms with Crippen LogP contribution in [0.5, 0.6) is 11.5 Å². The highest BCUT2D eigenvalue weighted by Crippen LogP contribution is 2.38. The van der Waals surface area contributed by atoms with Gasteiger partial charge >= 0.3 is 0 Å². The molecule has 2 aromatic rings. The van der Waals surface area contributed by atoms with Gasteiger partial charge in [-0.3, -0.25) is 0 Å². The molecule has 2 aliphatic rings. The molecule has 0 atom stereocenters. The SMILES string of the molecule is Brc1cc2c(cc1CSc1nnc3n1CCCCC3)OCO2. The largest absolute Gasteiger partial charge is 0.454 e. The van der Waals surface area contributed by atoms with Gasteiger partial charge in [0.2, 0.25) is 6.79 Å². The second-order valence-corrected chi connectivity index (χ2v) is 7.24. The van der Waals surface area contributed by atoms with Crippen molar-refractivity contribution in [2.24, 2.45) is 0 Å². The van der Waals surface area contributed by atoms with E-state index in [4.69, 9.17) is 9.47 Å². The molecule has 7 heteroatoms. The molecule has 0 N–H and O–H groups in total. The molecule has 4 rings (SSSR count). The minimum atomic E-state index is 0.302. The van der Waals surface area contributed by atoms with Crippen LogP contribution in [0, 0.1) is 0 Å². The highest BCUT2D eigenvalue weighted by atomic mass is 79.9. The fraction of sp³-hybridized carbons (Fsp3) is 0.467. The lowest BCUT2D eigenvalue weighted by molar-refractivity contribution is 0.174. The molecule has 0 radical (unpaired) electrons. The van der Waals surface area contributed by atoms with Gasteiger partial charge in [0, 0.05) is 23.2 Å². The lowest BCUT2D eigenvalue weighted by atomic mass is 10.2. The third-order valence-corrected chi connectivity index (χ3v) is 5.73. The van der Waals surface area contributed by atoms with Crippen LogP contribution in [0.15, 0.2) is 21.8 Å². The molecular formula is C15H16BrN3O2S. The molecule has 22 heavy (non-hydrogen) atoms. The van der Waals surface area contributed by atoms with E-state index in [0.717, 1.165) is 45.7 Å². The van der Waals surface area contributed by atoms with Gasteiger partial charge in [-0.25, -0.2) is 0 Å². The summed E-state index contributed by atoms with van der Waals surface area (Å²) in [6.45, 7) is 1.34. The Morgan fingerprint density at radius 3 is 2.91 bits per heavy atom. The summed E-state index contributed by atoms with van der Waals surface area (Å²) in [4.78, 5) is 0. The molecule has 0 saturated heterocycles. The van der Waals surface area contributed by atoms with Crippen LogP contribution in [0.4, 0.5) is 0 Å². The highest BCUT2D eigenvalue weighted by molar-refractivity contribution is 9.10. The number of aryl methyl sites for hydroxylation is 1. The Morgan fingerprint density at radius 2 is 2.00 bits per heavy atom. The van der Waals surface area contributed by atoms with Crippen LogP contribution in [0.25, 0.3) is 0 Å². The monoisotopic (exact) mass is 381 g/mol. The van der Waals surface area contributed by atoms with Gasteiger partial charge in [0.05, 0.1) is 0 Å². The number of nitrogens with zero attached hydrogens (tertiary/aromatic N) is 3. The summed E-state index contributed by atoms with van der Waals surface area (Å²) >= 11 is 5.34. The molecule has 0 fully saturated rings. The average Bonchev–Trinajstić information content (AvgIpc) is 3.05. The van der Waals surface area contributed by atoms with Gasteiger partial charge in [0.1, 0.15) is 5.82 Å². The van der Waals surface area contributed by atoms with Gasteiger partial charge in [-0.1, -0.05) is 34.1 Å². The van der Waals surface area contributed by atoms with E-state index in [-0.39, 0.29) is 0 Å². The first kappa shape index (κ1) is 14.4. The first-order valence-corrected chi connectivity index (χ1v) is 9.22. The number of halogens is 1. The van der Waals surface area contributed by atoms with Crippen LogP contribution in [0.1, 0.15) is 30.7 Å². The molecule has 0 bridgehead atoms. The van der Waals surface area contributed by atoms with E-state index in [1.54, 1.807) is 11.8 Å². The van der Waals surface area contributed by atoms with Crippen molar-refractivity contribution in [3.05, 3.63) is 28.0 Å². The van der Waals surface area contributed by atoms with Crippen molar-refractivity contribution in [3.8, 4) is 11.5 Å². The predicted molar refractivity (Wildman–Crippen MR) is 87.4 cm³/mol. The van der Waals surface area contributed by atoms with Crippen molar-refractivity contribution in [1.82, 2.24) is 14.8 Å². The van der Waals surface area contributed by atoms with Gasteiger partial charge < -0.3 is 14.0 Å². The molecule has 0 spiro atoms. The zero-order valence-corrected chi connectivity index (χ0v) is 14.5. The van der Waals surface area contributed by atoms with Crippen LogP contribution in [-0.4, -0.2) is 21.6 Å². The van der Waals surface area contributed by atoms with Crippen LogP contribution in [0.3, 0.4) is 0 Å². The fourth-order valence-corrected chi connectivity index (χ4v) is 4.40. The molecule has 0 saturated carbocycles. The topological polar surface area (TPSA) is 49.2 Å². The quantitative estimate of drug-likeness (QED) is 0.756. The Bertz CT molecular complexity index is 704. The first-order valence-electron chi connectivity index (χ1n) is 7.44. The van der Waals surface area contributed by atoms with E-state index in [0.29, 0.717) is 6.79 Å². The van der Waals surface area contributed by atoms with E-state index >= 15 is 0 Å². The summed E-state index contributed by atoms with van der Waals surface area (Å²) in [5.41, 5.74) is 1.18. The lowest BCUT2D eigenvalue weighted by Crippen LogP contribution is -2.02. The summed E-state index contributed by atoms with van der Waals surface area (Å²) in [6.07, 6.45) is 4.76. The number of rotatable bonds is 3. The Labute approximate surface area is 141 Å². The highest BCUT2D eigenvalue weighted by Gasteiger charge is 2.18. The summed E-state index contributed by atoms with van der Waals surface area (Å²) in [7, 11) is 0. The van der Waals surface area contributed by atoms with Gasteiger partial charge in [-0.2, -0.15) is 0 Å². The standard InChI is InChI=1S/C15H16BrN3O2S/c16-11-7-13-12(20-9-21-13)6-10(11)8-22-15-18-17-14-4-2-1-3-5-19(14)15/h6-7H,1-5,8-9H2. The second-order valence-electron chi connectivity index (χ2n) is 5.45. The Hall–Kier alpha value is -1.21. The summed E-state index contributed by atoms with van der Waals surface area (Å²) < 4.78 is 14.2. The molecule has 2 aliphatic heterocycles. The summed E-state index contributed by atoms with van der Waals surface area (Å²) in [5.74, 6) is 3.58. The van der Waals surface area contributed by atoms with E-state index in [9.17, 15) is 0 Å². The van der Waals surface area contributed by atoms with Crippen molar-refractivity contribution in [1.29, 1.82) is 0 Å². The average molecular weight is 382 g/mol. The van der Waals surface area contributed by atoms with Crippen LogP contribution in [0.2, 0.25) is 0 Å². The van der Waals surface area contributed by atoms with E-state index in [1.165, 1.54) is 24.8 Å². The number of fused-ring (bicyclic) bond motifs is 2. The van der Waals surface area contributed by atoms with Crippen molar-refractivity contribution in [2.45, 2.75) is 43.1 Å². The molecule has 5 nitrogen and oxygen atoms in total. The smallest absolute Gasteiger partial charge is 0.231 e. The second kappa shape index (κ2) is 6.12. The Kier molecular flexibility index (Phi) is 4.00. The van der Waals surface area contributed by atoms with Crippen molar-refractivity contribution >= 4 is 27.7 Å². The van der Waals surface area contributed by atoms with Gasteiger partial charge in [0.15, 0.2) is 16.7 Å². The third-order valence-electron chi connectivity index (χ3n) is 3.97. The molecule has 1 aromatic heterocycles. The van der Waals surface area contributed by atoms with E-state index in [1.807, 2.05) is 12.1 Å². The Balaban J connectivity index is 1.52. The molecule has 1 aromatic carbocycles. The van der Waals surface area contributed by atoms with Crippen molar-refractivity contribution < 1.29 is 9.47 Å². The van der Waals surface area contributed by atoms with E-state index in [2.05, 4.69) is 30.7 Å². The molecule has 116 valence electrons. The Morgan fingerprint density at radius 1 is 1.14 bits per heavy atom. The summed E-state index contributed by atoms with van der Waals surface area (Å²) in [6, 6.07) is 4.02. The van der Waals surface area contributed by atoms with Crippen LogP contribution >= 0.6 is 27.7 Å². The number of aromatic nitrogens is 3. The molecule has 3 heterocycles. The normalized spacial score (nSPS) is 16.4. The minimum Gasteiger partial charge on any atom is -0.454 e. The zero-order valence-electron chi connectivity index (χ0n) is 12.0. The predicted octanol–water partition coefficient (Wildman–Crippen LogP) is 3.79. The lowest BCUT2D eigenvalue weighted by Gasteiger charge is -2.08. The number of ether oxygens (including phenoxy) is 2. The van der Waals surface area contributed by atoms with Crippen molar-refractivity contribution in [3.63, 3.8) is 0 Å².